The van der Waals surface area contributed by atoms with Gasteiger partial charge in [-0.15, -0.1) is 0 Å². The number of nitrogens with zero attached hydrogens (tertiary/aromatic N) is 5. The average Bonchev–Trinajstić information content (AvgIpc) is 3.26. The van der Waals surface area contributed by atoms with Crippen molar-refractivity contribution in [2.45, 2.75) is 6.18 Å². The standard InChI is InChI=1S/C16H10F3N5O2S/c1-25-11-4-3-9(7-21-11)26-15-22-10(8-27-15)12-13(16(17,18)19)23-14-20-5-2-6-24(12)14/h2-8H,1H3. The van der Waals surface area contributed by atoms with Crippen molar-refractivity contribution in [3.63, 3.8) is 0 Å². The molecule has 0 saturated carbocycles. The molecule has 27 heavy (non-hydrogen) atoms. The predicted octanol–water partition coefficient (Wildman–Crippen LogP) is 4.07. The lowest BCUT2D eigenvalue weighted by Crippen LogP contribution is -2.07. The second-order valence-electron chi connectivity index (χ2n) is 5.23. The first-order valence-corrected chi connectivity index (χ1v) is 8.38. The highest BCUT2D eigenvalue weighted by Gasteiger charge is 2.39. The number of halogens is 3. The minimum atomic E-state index is -4.65. The van der Waals surface area contributed by atoms with E-state index >= 15 is 0 Å². The number of hydrogen-bond donors (Lipinski definition) is 0. The third kappa shape index (κ3) is 3.28. The molecule has 0 aliphatic rings. The Morgan fingerprint density at radius 1 is 1.15 bits per heavy atom. The van der Waals surface area contributed by atoms with Gasteiger partial charge in [0, 0.05) is 23.8 Å². The maximum absolute atomic E-state index is 13.4. The first-order valence-electron chi connectivity index (χ1n) is 7.50. The number of aromatic nitrogens is 5. The molecular weight excluding hydrogens is 383 g/mol. The van der Waals surface area contributed by atoms with Crippen molar-refractivity contribution in [2.75, 3.05) is 7.11 Å². The molecule has 7 nitrogen and oxygen atoms in total. The molecule has 0 radical (unpaired) electrons. The SMILES string of the molecule is COc1ccc(Oc2nc(-c3c(C(F)(F)F)nc4ncccn34)cs2)cn1. The van der Waals surface area contributed by atoms with Crippen LogP contribution in [0.25, 0.3) is 17.2 Å². The Morgan fingerprint density at radius 2 is 2.00 bits per heavy atom. The van der Waals surface area contributed by atoms with Gasteiger partial charge in [0.25, 0.3) is 5.19 Å². The van der Waals surface area contributed by atoms with Crippen molar-refractivity contribution < 1.29 is 22.6 Å². The molecule has 0 unspecified atom stereocenters. The van der Waals surface area contributed by atoms with Crippen LogP contribution in [0.5, 0.6) is 16.8 Å². The molecule has 138 valence electrons. The van der Waals surface area contributed by atoms with Gasteiger partial charge in [-0.3, -0.25) is 4.40 Å². The van der Waals surface area contributed by atoms with E-state index < -0.39 is 11.9 Å². The second-order valence-corrected chi connectivity index (χ2v) is 6.05. The van der Waals surface area contributed by atoms with Crippen LogP contribution in [-0.2, 0) is 6.18 Å². The summed E-state index contributed by atoms with van der Waals surface area (Å²) in [6.45, 7) is 0. The summed E-state index contributed by atoms with van der Waals surface area (Å²) in [5, 5.41) is 1.64. The number of imidazole rings is 1. The molecule has 4 heterocycles. The summed E-state index contributed by atoms with van der Waals surface area (Å²) in [6.07, 6.45) is -0.390. The lowest BCUT2D eigenvalue weighted by atomic mass is 10.2. The van der Waals surface area contributed by atoms with Crippen LogP contribution in [0.4, 0.5) is 13.2 Å². The Kier molecular flexibility index (Phi) is 4.15. The van der Waals surface area contributed by atoms with Gasteiger partial charge in [0.15, 0.2) is 5.69 Å². The van der Waals surface area contributed by atoms with Gasteiger partial charge in [0.2, 0.25) is 11.7 Å². The molecule has 4 aromatic heterocycles. The Morgan fingerprint density at radius 3 is 2.70 bits per heavy atom. The third-order valence-corrected chi connectivity index (χ3v) is 4.24. The van der Waals surface area contributed by atoms with E-state index in [2.05, 4.69) is 19.9 Å². The summed E-state index contributed by atoms with van der Waals surface area (Å²) in [7, 11) is 1.49. The molecule has 0 aliphatic carbocycles. The van der Waals surface area contributed by atoms with Crippen LogP contribution >= 0.6 is 11.3 Å². The zero-order valence-corrected chi connectivity index (χ0v) is 14.5. The predicted molar refractivity (Wildman–Crippen MR) is 90.0 cm³/mol. The van der Waals surface area contributed by atoms with E-state index in [0.29, 0.717) is 11.6 Å². The minimum Gasteiger partial charge on any atom is -0.481 e. The van der Waals surface area contributed by atoms with E-state index in [1.807, 2.05) is 0 Å². The molecule has 0 aliphatic heterocycles. The fourth-order valence-corrected chi connectivity index (χ4v) is 3.06. The smallest absolute Gasteiger partial charge is 0.435 e. The first-order chi connectivity index (χ1) is 13.0. The lowest BCUT2D eigenvalue weighted by Gasteiger charge is -2.05. The van der Waals surface area contributed by atoms with E-state index in [9.17, 15) is 13.2 Å². The average molecular weight is 393 g/mol. The summed E-state index contributed by atoms with van der Waals surface area (Å²) >= 11 is 1.06. The van der Waals surface area contributed by atoms with Crippen molar-refractivity contribution >= 4 is 17.1 Å². The molecule has 0 saturated heterocycles. The maximum atomic E-state index is 13.4. The van der Waals surface area contributed by atoms with Gasteiger partial charge in [0.05, 0.1) is 13.3 Å². The van der Waals surface area contributed by atoms with Crippen LogP contribution < -0.4 is 9.47 Å². The van der Waals surface area contributed by atoms with Crippen molar-refractivity contribution in [1.29, 1.82) is 0 Å². The van der Waals surface area contributed by atoms with Gasteiger partial charge in [-0.05, 0) is 12.1 Å². The fourth-order valence-electron chi connectivity index (χ4n) is 2.39. The quantitative estimate of drug-likeness (QED) is 0.520. The van der Waals surface area contributed by atoms with Crippen molar-refractivity contribution in [3.05, 3.63) is 47.9 Å². The Balaban J connectivity index is 1.72. The molecule has 0 bridgehead atoms. The largest absolute Gasteiger partial charge is 0.481 e. The zero-order valence-electron chi connectivity index (χ0n) is 13.6. The summed E-state index contributed by atoms with van der Waals surface area (Å²) < 4.78 is 52.0. The first kappa shape index (κ1) is 17.2. The summed E-state index contributed by atoms with van der Waals surface area (Å²) in [5.74, 6) is 0.734. The van der Waals surface area contributed by atoms with E-state index in [0.717, 1.165) is 11.3 Å². The Bertz CT molecular complexity index is 1090. The number of pyridine rings is 1. The topological polar surface area (TPSA) is 74.4 Å². The monoisotopic (exact) mass is 393 g/mol. The van der Waals surface area contributed by atoms with Gasteiger partial charge in [-0.25, -0.2) is 19.9 Å². The van der Waals surface area contributed by atoms with Gasteiger partial charge in [0.1, 0.15) is 17.1 Å². The van der Waals surface area contributed by atoms with Crippen molar-refractivity contribution in [1.82, 2.24) is 24.3 Å². The van der Waals surface area contributed by atoms with E-state index in [4.69, 9.17) is 9.47 Å². The number of methoxy groups -OCH3 is 1. The van der Waals surface area contributed by atoms with Gasteiger partial charge in [-0.1, -0.05) is 11.3 Å². The highest BCUT2D eigenvalue weighted by Crippen LogP contribution is 2.38. The third-order valence-electron chi connectivity index (χ3n) is 3.52. The minimum absolute atomic E-state index is 0.0605. The van der Waals surface area contributed by atoms with Crippen molar-refractivity contribution in [3.8, 4) is 28.2 Å². The molecule has 11 heteroatoms. The lowest BCUT2D eigenvalue weighted by molar-refractivity contribution is -0.140. The van der Waals surface area contributed by atoms with E-state index in [1.165, 1.54) is 41.5 Å². The second kappa shape index (κ2) is 6.50. The van der Waals surface area contributed by atoms with Crippen molar-refractivity contribution in [2.24, 2.45) is 0 Å². The van der Waals surface area contributed by atoms with Gasteiger partial charge in [-0.2, -0.15) is 13.2 Å². The normalized spacial score (nSPS) is 11.7. The molecular formula is C16H10F3N5O2S. The van der Waals surface area contributed by atoms with Crippen LogP contribution in [0.3, 0.4) is 0 Å². The fraction of sp³-hybridized carbons (Fsp3) is 0.125. The van der Waals surface area contributed by atoms with Gasteiger partial charge >= 0.3 is 6.18 Å². The highest BCUT2D eigenvalue weighted by molar-refractivity contribution is 7.11. The number of rotatable bonds is 4. The molecule has 0 N–H and O–H groups in total. The van der Waals surface area contributed by atoms with Crippen LogP contribution in [0.15, 0.2) is 42.2 Å². The van der Waals surface area contributed by atoms with Crippen LogP contribution in [0, 0.1) is 0 Å². The van der Waals surface area contributed by atoms with Crippen LogP contribution in [-0.4, -0.2) is 31.4 Å². The number of fused-ring (bicyclic) bond motifs is 1. The van der Waals surface area contributed by atoms with Gasteiger partial charge < -0.3 is 9.47 Å². The number of ether oxygens (including phenoxy) is 2. The molecule has 0 fully saturated rings. The number of alkyl halides is 3. The Hall–Kier alpha value is -3.21. The van der Waals surface area contributed by atoms with Crippen LogP contribution in [0.2, 0.25) is 0 Å². The van der Waals surface area contributed by atoms with E-state index in [-0.39, 0.29) is 22.4 Å². The maximum Gasteiger partial charge on any atom is 0.435 e. The number of thiazole rings is 1. The molecule has 4 aromatic rings. The number of hydrogen-bond acceptors (Lipinski definition) is 7. The summed E-state index contributed by atoms with van der Waals surface area (Å²) in [6, 6.07) is 4.74. The molecule has 0 amide bonds. The molecule has 0 atom stereocenters. The Labute approximate surface area is 154 Å². The highest BCUT2D eigenvalue weighted by atomic mass is 32.1. The van der Waals surface area contributed by atoms with E-state index in [1.54, 1.807) is 12.1 Å². The molecule has 0 aromatic carbocycles. The summed E-state index contributed by atoms with van der Waals surface area (Å²) in [5.41, 5.74) is -1.15. The molecule has 0 spiro atoms. The molecule has 4 rings (SSSR count). The van der Waals surface area contributed by atoms with Crippen LogP contribution in [0.1, 0.15) is 5.69 Å². The summed E-state index contributed by atoms with van der Waals surface area (Å²) in [4.78, 5) is 15.6. The zero-order chi connectivity index (χ0) is 19.0.